The minimum atomic E-state index is -3.70. The van der Waals surface area contributed by atoms with E-state index in [4.69, 9.17) is 0 Å². The average molecular weight is 406 g/mol. The van der Waals surface area contributed by atoms with E-state index >= 15 is 0 Å². The average Bonchev–Trinajstić information content (AvgIpc) is 3.16. The minimum absolute atomic E-state index is 0.0955. The Labute approximate surface area is 169 Å². The molecule has 0 aliphatic rings. The molecule has 2 heterocycles. The topological polar surface area (TPSA) is 84.3 Å². The fraction of sp³-hybridized carbons (Fsp3) is 0.0952. The van der Waals surface area contributed by atoms with Crippen LogP contribution in [-0.4, -0.2) is 23.3 Å². The highest BCUT2D eigenvalue weighted by Gasteiger charge is 2.19. The molecule has 1 N–H and O–H groups in total. The van der Waals surface area contributed by atoms with Gasteiger partial charge < -0.3 is 0 Å². The Morgan fingerprint density at radius 3 is 2.55 bits per heavy atom. The third kappa shape index (κ3) is 3.94. The Morgan fingerprint density at radius 1 is 1.17 bits per heavy atom. The fourth-order valence-corrected chi connectivity index (χ4v) is 3.83. The first-order valence-electron chi connectivity index (χ1n) is 8.98. The van der Waals surface area contributed by atoms with Crippen LogP contribution in [0.25, 0.3) is 16.9 Å². The molecular formula is C21H20N5O2S+. The number of hydrogen-bond donors (Lipinski definition) is 1. The lowest BCUT2D eigenvalue weighted by atomic mass is 10.2. The van der Waals surface area contributed by atoms with Gasteiger partial charge in [-0.15, -0.1) is 4.36 Å². The van der Waals surface area contributed by atoms with Gasteiger partial charge in [-0.05, 0) is 31.2 Å². The lowest BCUT2D eigenvalue weighted by molar-refractivity contribution is -0.686. The van der Waals surface area contributed by atoms with E-state index in [2.05, 4.69) is 20.9 Å². The second-order valence-electron chi connectivity index (χ2n) is 6.57. The number of imidazole rings is 1. The highest BCUT2D eigenvalue weighted by molar-refractivity contribution is 7.88. The van der Waals surface area contributed by atoms with Crippen LogP contribution < -0.4 is 4.57 Å². The molecule has 7 nitrogen and oxygen atoms in total. The zero-order valence-electron chi connectivity index (χ0n) is 15.8. The molecule has 0 amide bonds. The molecule has 8 heteroatoms. The monoisotopic (exact) mass is 406 g/mol. The van der Waals surface area contributed by atoms with Crippen molar-refractivity contribution in [1.82, 2.24) is 14.5 Å². The Bertz CT molecular complexity index is 1320. The van der Waals surface area contributed by atoms with E-state index in [9.17, 15) is 8.76 Å². The van der Waals surface area contributed by atoms with Crippen molar-refractivity contribution in [3.05, 3.63) is 85.5 Å². The summed E-state index contributed by atoms with van der Waals surface area (Å²) in [6.07, 6.45) is 7.25. The molecule has 0 aliphatic heterocycles. The van der Waals surface area contributed by atoms with Crippen molar-refractivity contribution in [2.24, 2.45) is 4.36 Å². The van der Waals surface area contributed by atoms with Crippen LogP contribution >= 0.6 is 0 Å². The van der Waals surface area contributed by atoms with Crippen LogP contribution in [0.3, 0.4) is 0 Å². The number of hydrogen-bond acceptors (Lipinski definition) is 4. The quantitative estimate of drug-likeness (QED) is 0.403. The Hall–Kier alpha value is -3.36. The standard InChI is InChI=1S/C21H19N5O2S/c1-3-12-25-13-14-26(15-25)21-20(22-18-6-4-5-7-19(18)23-21)24-29(27,28)17-10-8-16(2)9-11-17/h3-11,13-15H,1,12H2,2H3/p+1. The third-order valence-corrected chi connectivity index (χ3v) is 5.66. The van der Waals surface area contributed by atoms with Crippen molar-refractivity contribution in [1.29, 1.82) is 0 Å². The molecule has 0 radical (unpaired) electrons. The zero-order valence-corrected chi connectivity index (χ0v) is 16.7. The normalized spacial score (nSPS) is 13.2. The highest BCUT2D eigenvalue weighted by atomic mass is 32.2. The molecule has 0 bridgehead atoms. The smallest absolute Gasteiger partial charge is 0.272 e. The number of aryl methyl sites for hydroxylation is 1. The summed E-state index contributed by atoms with van der Waals surface area (Å²) in [6, 6.07) is 14.1. The van der Waals surface area contributed by atoms with Crippen LogP contribution in [0.2, 0.25) is 0 Å². The van der Waals surface area contributed by atoms with Crippen molar-refractivity contribution in [3.8, 4) is 5.82 Å². The van der Waals surface area contributed by atoms with Gasteiger partial charge in [-0.2, -0.15) is 4.57 Å². The van der Waals surface area contributed by atoms with Gasteiger partial charge in [-0.25, -0.2) is 18.7 Å². The molecule has 0 fully saturated rings. The predicted molar refractivity (Wildman–Crippen MR) is 112 cm³/mol. The van der Waals surface area contributed by atoms with Gasteiger partial charge in [0.25, 0.3) is 12.1 Å². The summed E-state index contributed by atoms with van der Waals surface area (Å²) in [5, 5.41) is 0. The highest BCUT2D eigenvalue weighted by Crippen LogP contribution is 2.26. The predicted octanol–water partition coefficient (Wildman–Crippen LogP) is 3.83. The Kier molecular flexibility index (Phi) is 4.96. The van der Waals surface area contributed by atoms with Crippen molar-refractivity contribution >= 4 is 26.9 Å². The summed E-state index contributed by atoms with van der Waals surface area (Å²) in [7, 11) is -3.70. The lowest BCUT2D eigenvalue weighted by Crippen LogP contribution is -2.29. The van der Waals surface area contributed by atoms with Crippen LogP contribution in [0.4, 0.5) is 5.82 Å². The fourth-order valence-electron chi connectivity index (χ4n) is 2.88. The lowest BCUT2D eigenvalue weighted by Gasteiger charge is -2.06. The van der Waals surface area contributed by atoms with Crippen LogP contribution in [-0.2, 0) is 16.6 Å². The maximum Gasteiger partial charge on any atom is 0.272 e. The number of para-hydroxylation sites is 2. The summed E-state index contributed by atoms with van der Waals surface area (Å²) in [6.45, 7) is 6.28. The summed E-state index contributed by atoms with van der Waals surface area (Å²) < 4.78 is 31.4. The van der Waals surface area contributed by atoms with Crippen molar-refractivity contribution in [3.63, 3.8) is 0 Å². The zero-order chi connectivity index (χ0) is 20.4. The van der Waals surface area contributed by atoms with Crippen LogP contribution in [0.5, 0.6) is 0 Å². The first-order valence-corrected chi connectivity index (χ1v) is 10.4. The molecule has 4 rings (SSSR count). The van der Waals surface area contributed by atoms with E-state index in [1.54, 1.807) is 47.2 Å². The van der Waals surface area contributed by atoms with Crippen LogP contribution in [0.1, 0.15) is 5.56 Å². The molecule has 0 spiro atoms. The number of aromatic nitrogens is 4. The van der Waals surface area contributed by atoms with E-state index in [1.807, 2.05) is 42.2 Å². The van der Waals surface area contributed by atoms with Gasteiger partial charge >= 0.3 is 0 Å². The van der Waals surface area contributed by atoms with Gasteiger partial charge in [0.15, 0.2) is 10.0 Å². The first-order chi connectivity index (χ1) is 14.0. The molecule has 2 aromatic carbocycles. The number of fused-ring (bicyclic) bond motifs is 1. The van der Waals surface area contributed by atoms with E-state index in [-0.39, 0.29) is 10.7 Å². The van der Waals surface area contributed by atoms with E-state index < -0.39 is 10.0 Å². The molecule has 1 atom stereocenters. The van der Waals surface area contributed by atoms with Gasteiger partial charge in [0.05, 0.1) is 15.9 Å². The second-order valence-corrected chi connectivity index (χ2v) is 8.21. The molecule has 29 heavy (non-hydrogen) atoms. The molecule has 146 valence electrons. The number of rotatable bonds is 5. The molecule has 4 aromatic rings. The Morgan fingerprint density at radius 2 is 1.86 bits per heavy atom. The van der Waals surface area contributed by atoms with Crippen molar-refractivity contribution < 1.29 is 13.3 Å². The maximum absolute atomic E-state index is 13.0. The summed E-state index contributed by atoms with van der Waals surface area (Å²) in [5.41, 5.74) is 2.26. The molecular weight excluding hydrogens is 386 g/mol. The van der Waals surface area contributed by atoms with Gasteiger partial charge in [0.2, 0.25) is 5.82 Å². The van der Waals surface area contributed by atoms with Gasteiger partial charge in [-0.1, -0.05) is 42.5 Å². The van der Waals surface area contributed by atoms with Gasteiger partial charge in [0, 0.05) is 0 Å². The molecule has 2 aromatic heterocycles. The van der Waals surface area contributed by atoms with Crippen molar-refractivity contribution in [2.45, 2.75) is 18.4 Å². The maximum atomic E-state index is 13.0. The molecule has 0 aliphatic carbocycles. The minimum Gasteiger partial charge on any atom is -0.296 e. The number of benzene rings is 2. The van der Waals surface area contributed by atoms with Crippen LogP contribution in [0, 0.1) is 6.92 Å². The summed E-state index contributed by atoms with van der Waals surface area (Å²) >= 11 is 0. The van der Waals surface area contributed by atoms with E-state index in [1.165, 1.54) is 0 Å². The van der Waals surface area contributed by atoms with E-state index in [0.29, 0.717) is 23.4 Å². The third-order valence-electron chi connectivity index (χ3n) is 4.35. The molecule has 0 saturated carbocycles. The molecule has 1 unspecified atom stereocenters. The Balaban J connectivity index is 1.93. The summed E-state index contributed by atoms with van der Waals surface area (Å²) in [5.74, 6) is 0.471. The summed E-state index contributed by atoms with van der Waals surface area (Å²) in [4.78, 5) is 9.38. The van der Waals surface area contributed by atoms with E-state index in [0.717, 1.165) is 5.56 Å². The number of nitrogens with zero attached hydrogens (tertiary/aromatic N) is 5. The van der Waals surface area contributed by atoms with Crippen molar-refractivity contribution in [2.75, 3.05) is 0 Å². The molecule has 0 saturated heterocycles. The first kappa shape index (κ1) is 19.0. The van der Waals surface area contributed by atoms with Gasteiger partial charge in [-0.3, -0.25) is 4.55 Å². The second kappa shape index (κ2) is 7.57. The number of allylic oxidation sites excluding steroid dienone is 1. The SMILES string of the molecule is C=CC[n+]1ccn(-c2nc3ccccc3nc2N=S(=O)(O)c2ccc(C)cc2)c1. The van der Waals surface area contributed by atoms with Gasteiger partial charge in [0.1, 0.15) is 18.9 Å². The largest absolute Gasteiger partial charge is 0.296 e. The van der Waals surface area contributed by atoms with Crippen LogP contribution in [0.15, 0.2) is 89.2 Å².